The van der Waals surface area contributed by atoms with Crippen molar-refractivity contribution in [2.24, 2.45) is 0 Å². The first-order chi connectivity index (χ1) is 27.1. The first-order valence-electron chi connectivity index (χ1n) is 18.4. The highest BCUT2D eigenvalue weighted by molar-refractivity contribution is 8.01. The molecule has 6 heteroatoms. The molecule has 1 fully saturated rings. The molecule has 0 spiro atoms. The van der Waals surface area contributed by atoms with Gasteiger partial charge in [0.05, 0.1) is 16.5 Å². The molecule has 1 heterocycles. The van der Waals surface area contributed by atoms with Crippen LogP contribution in [0.1, 0.15) is 28.7 Å². The Morgan fingerprint density at radius 2 is 0.891 bits per heavy atom. The summed E-state index contributed by atoms with van der Waals surface area (Å²) in [6, 6.07) is 71.7. The Bertz CT molecular complexity index is 2210. The fraction of sp³-hybridized carbons (Fsp3) is 0.0816. The molecule has 1 atom stereocenters. The van der Waals surface area contributed by atoms with Gasteiger partial charge in [-0.2, -0.15) is 0 Å². The number of β-lactam (4-membered cyclic amide) rings is 1. The lowest BCUT2D eigenvalue weighted by Crippen LogP contribution is -2.59. The van der Waals surface area contributed by atoms with Crippen LogP contribution in [-0.4, -0.2) is 27.6 Å². The predicted molar refractivity (Wildman–Crippen MR) is 228 cm³/mol. The first-order valence-corrected chi connectivity index (χ1v) is 21.1. The fourth-order valence-electron chi connectivity index (χ4n) is 7.62. The van der Waals surface area contributed by atoms with E-state index in [9.17, 15) is 4.79 Å². The summed E-state index contributed by atoms with van der Waals surface area (Å²) in [6.45, 7) is -3.01. The van der Waals surface area contributed by atoms with Crippen LogP contribution in [0, 0.1) is 0 Å². The Kier molecular flexibility index (Phi) is 10.7. The van der Waals surface area contributed by atoms with Crippen molar-refractivity contribution in [3.63, 3.8) is 0 Å². The molecule has 55 heavy (non-hydrogen) atoms. The van der Waals surface area contributed by atoms with Crippen LogP contribution in [0.5, 0.6) is 0 Å². The van der Waals surface area contributed by atoms with Crippen molar-refractivity contribution < 1.29 is 14.3 Å². The molecule has 1 unspecified atom stereocenters. The standard InChI is InChI=1S/C49H40NO3PS/c51-45-36-46(55-49(39-24-10-2-11-25-39,40-26-12-3-13-27-40)41-28-14-4-15-29-41)50(45)47(48(52)53-37-38-22-8-1-9-23-38)54(42-30-16-5-17-31-42,43-32-18-6-19-33-43)44-34-20-7-21-35-44/h1-35,46H,36-37H2. The van der Waals surface area contributed by atoms with Crippen LogP contribution in [0.3, 0.4) is 0 Å². The summed E-state index contributed by atoms with van der Waals surface area (Å²) in [5.74, 6) is -0.614. The molecule has 7 aromatic carbocycles. The molecular formula is C49H40NO3PS. The van der Waals surface area contributed by atoms with E-state index >= 15 is 4.79 Å². The molecule has 270 valence electrons. The van der Waals surface area contributed by atoms with E-state index in [1.807, 2.05) is 103 Å². The van der Waals surface area contributed by atoms with Crippen LogP contribution in [0.4, 0.5) is 0 Å². The number of rotatable bonds is 12. The molecule has 0 radical (unpaired) electrons. The van der Waals surface area contributed by atoms with Gasteiger partial charge in [-0.05, 0) is 38.2 Å². The zero-order valence-corrected chi connectivity index (χ0v) is 31.9. The van der Waals surface area contributed by atoms with Gasteiger partial charge in [-0.3, -0.25) is 9.69 Å². The quantitative estimate of drug-likeness (QED) is 0.0541. The second kappa shape index (κ2) is 16.2. The molecule has 0 saturated carbocycles. The van der Waals surface area contributed by atoms with Gasteiger partial charge in [0.15, 0.2) is 0 Å². The minimum Gasteiger partial charge on any atom is -0.456 e. The van der Waals surface area contributed by atoms with Crippen molar-refractivity contribution in [2.45, 2.75) is 23.1 Å². The number of benzene rings is 7. The summed E-state index contributed by atoms with van der Waals surface area (Å²) in [7, 11) is 0. The molecule has 0 aliphatic carbocycles. The lowest BCUT2D eigenvalue weighted by molar-refractivity contribution is -0.142. The summed E-state index contributed by atoms with van der Waals surface area (Å²) in [6.07, 6.45) is 0.257. The highest BCUT2D eigenvalue weighted by atomic mass is 32.2. The number of hydrogen-bond donors (Lipinski definition) is 0. The average Bonchev–Trinajstić information content (AvgIpc) is 3.26. The largest absolute Gasteiger partial charge is 0.456 e. The second-order valence-corrected chi connectivity index (χ2v) is 18.1. The molecule has 0 aromatic heterocycles. The number of amides is 1. The van der Waals surface area contributed by atoms with Crippen LogP contribution in [0.25, 0.3) is 0 Å². The Morgan fingerprint density at radius 1 is 0.545 bits per heavy atom. The Balaban J connectivity index is 1.41. The van der Waals surface area contributed by atoms with Gasteiger partial charge in [0.2, 0.25) is 5.91 Å². The van der Waals surface area contributed by atoms with Gasteiger partial charge in [0.25, 0.3) is 0 Å². The third-order valence-corrected chi connectivity index (χ3v) is 16.1. The van der Waals surface area contributed by atoms with Crippen LogP contribution in [-0.2, 0) is 25.7 Å². The van der Waals surface area contributed by atoms with E-state index in [1.54, 1.807) is 16.7 Å². The van der Waals surface area contributed by atoms with Gasteiger partial charge in [-0.25, -0.2) is 4.79 Å². The Morgan fingerprint density at radius 3 is 1.25 bits per heavy atom. The maximum Gasteiger partial charge on any atom is 0.356 e. The van der Waals surface area contributed by atoms with E-state index in [2.05, 4.69) is 109 Å². The van der Waals surface area contributed by atoms with Crippen molar-refractivity contribution >= 4 is 51.9 Å². The SMILES string of the molecule is O=C(OCc1ccccc1)C(N1C(=O)CC1SC(c1ccccc1)(c1ccccc1)c1ccccc1)=P(c1ccccc1)(c1ccccc1)c1ccccc1. The smallest absolute Gasteiger partial charge is 0.356 e. The molecule has 4 nitrogen and oxygen atoms in total. The molecule has 1 aliphatic rings. The molecular weight excluding hydrogens is 714 g/mol. The third-order valence-electron chi connectivity index (χ3n) is 10.1. The molecule has 7 aromatic rings. The first kappa shape index (κ1) is 36.1. The topological polar surface area (TPSA) is 46.6 Å². The Hall–Kier alpha value is -5.87. The minimum atomic E-state index is -3.08. The van der Waals surface area contributed by atoms with E-state index in [1.165, 1.54) is 0 Å². The van der Waals surface area contributed by atoms with Crippen molar-refractivity contribution in [2.75, 3.05) is 0 Å². The number of carbonyl (C=O) groups excluding carboxylic acids is 2. The van der Waals surface area contributed by atoms with Gasteiger partial charge in [0, 0.05) is 6.89 Å². The number of ether oxygens (including phenoxy) is 1. The maximum absolute atomic E-state index is 15.3. The third kappa shape index (κ3) is 6.87. The van der Waals surface area contributed by atoms with E-state index < -0.39 is 23.0 Å². The molecule has 0 N–H and O–H groups in total. The number of hydrogen-bond acceptors (Lipinski definition) is 4. The minimum absolute atomic E-state index is 0.0728. The van der Waals surface area contributed by atoms with Gasteiger partial charge < -0.3 is 4.74 Å². The fourth-order valence-corrected chi connectivity index (χ4v) is 13.9. The highest BCUT2D eigenvalue weighted by Crippen LogP contribution is 2.55. The molecule has 8 rings (SSSR count). The monoisotopic (exact) mass is 753 g/mol. The molecule has 1 amide bonds. The maximum atomic E-state index is 15.3. The second-order valence-electron chi connectivity index (χ2n) is 13.4. The van der Waals surface area contributed by atoms with Crippen molar-refractivity contribution in [1.82, 2.24) is 4.90 Å². The zero-order valence-electron chi connectivity index (χ0n) is 30.2. The van der Waals surface area contributed by atoms with Gasteiger partial charge in [-0.1, -0.05) is 212 Å². The number of esters is 1. The predicted octanol–water partition coefficient (Wildman–Crippen LogP) is 9.14. The van der Waals surface area contributed by atoms with E-state index in [-0.39, 0.29) is 18.9 Å². The Labute approximate surface area is 327 Å². The van der Waals surface area contributed by atoms with Crippen LogP contribution in [0.15, 0.2) is 212 Å². The van der Waals surface area contributed by atoms with Crippen LogP contribution >= 0.6 is 18.6 Å². The number of nitrogens with zero attached hydrogens (tertiary/aromatic N) is 1. The van der Waals surface area contributed by atoms with Crippen LogP contribution in [0.2, 0.25) is 0 Å². The highest BCUT2D eigenvalue weighted by Gasteiger charge is 2.51. The van der Waals surface area contributed by atoms with Gasteiger partial charge >= 0.3 is 5.97 Å². The summed E-state index contributed by atoms with van der Waals surface area (Å²) in [4.78, 5) is 31.7. The summed E-state index contributed by atoms with van der Waals surface area (Å²) < 4.78 is 5.62. The summed E-state index contributed by atoms with van der Waals surface area (Å²) in [5.41, 5.74) is 4.50. The molecule has 0 bridgehead atoms. The normalized spacial score (nSPS) is 14.1. The van der Waals surface area contributed by atoms with Crippen molar-refractivity contribution in [1.29, 1.82) is 0 Å². The van der Waals surface area contributed by atoms with E-state index in [4.69, 9.17) is 4.74 Å². The summed E-state index contributed by atoms with van der Waals surface area (Å²) in [5, 5.41) is 2.47. The average molecular weight is 754 g/mol. The summed E-state index contributed by atoms with van der Waals surface area (Å²) >= 11 is 1.71. The van der Waals surface area contributed by atoms with Crippen molar-refractivity contribution in [3.05, 3.63) is 235 Å². The number of thioether (sulfide) groups is 1. The lowest BCUT2D eigenvalue weighted by Gasteiger charge is -2.48. The lowest BCUT2D eigenvalue weighted by atomic mass is 9.84. The molecule has 1 aliphatic heterocycles. The number of carbonyl (C=O) groups is 2. The van der Waals surface area contributed by atoms with Gasteiger partial charge in [0.1, 0.15) is 12.0 Å². The zero-order chi connectivity index (χ0) is 37.5. The molecule has 1 saturated heterocycles. The van der Waals surface area contributed by atoms with Gasteiger partial charge in [-0.15, -0.1) is 11.8 Å². The van der Waals surface area contributed by atoms with E-state index in [0.717, 1.165) is 38.2 Å². The van der Waals surface area contributed by atoms with Crippen molar-refractivity contribution in [3.8, 4) is 0 Å². The van der Waals surface area contributed by atoms with E-state index in [0.29, 0.717) is 5.42 Å². The number of likely N-dealkylation sites (tertiary alicyclic amines) is 1. The van der Waals surface area contributed by atoms with Crippen LogP contribution < -0.4 is 15.9 Å².